The van der Waals surface area contributed by atoms with Gasteiger partial charge in [0.05, 0.1) is 12.2 Å². The molecular weight excluding hydrogens is 323 g/mol. The quantitative estimate of drug-likeness (QED) is 0.581. The fourth-order valence-corrected chi connectivity index (χ4v) is 3.20. The van der Waals surface area contributed by atoms with E-state index >= 15 is 0 Å². The van der Waals surface area contributed by atoms with Gasteiger partial charge in [-0.05, 0) is 44.3 Å². The van der Waals surface area contributed by atoms with Gasteiger partial charge in [-0.3, -0.25) is 0 Å². The molecule has 1 saturated heterocycles. The Labute approximate surface area is 149 Å². The first-order chi connectivity index (χ1) is 11.8. The number of benzene rings is 1. The highest BCUT2D eigenvalue weighted by molar-refractivity contribution is 6.61. The molecule has 0 amide bonds. The van der Waals surface area contributed by atoms with E-state index in [1.54, 1.807) is 14.2 Å². The van der Waals surface area contributed by atoms with Crippen molar-refractivity contribution in [2.45, 2.75) is 58.5 Å². The van der Waals surface area contributed by atoms with E-state index in [2.05, 4.69) is 0 Å². The molecule has 0 bridgehead atoms. The number of carbonyl (C=O) groups is 1. The van der Waals surface area contributed by atoms with Crippen LogP contribution in [-0.4, -0.2) is 45.8 Å². The smallest absolute Gasteiger partial charge is 0.428 e. The van der Waals surface area contributed by atoms with Crippen LogP contribution in [-0.2, 0) is 23.5 Å². The van der Waals surface area contributed by atoms with Crippen molar-refractivity contribution in [1.29, 1.82) is 0 Å². The summed E-state index contributed by atoms with van der Waals surface area (Å²) in [5.41, 5.74) is 2.81. The van der Waals surface area contributed by atoms with Crippen LogP contribution in [0.15, 0.2) is 18.2 Å². The summed E-state index contributed by atoms with van der Waals surface area (Å²) in [6.45, 7) is 7.65. The van der Waals surface area contributed by atoms with Gasteiger partial charge in [0.25, 0.3) is 0 Å². The molecule has 1 aromatic rings. The fraction of sp³-hybridized carbons (Fsp3) is 0.611. The Hall–Kier alpha value is -1.57. The maximum Gasteiger partial charge on any atom is 0.509 e. The highest BCUT2D eigenvalue weighted by atomic mass is 16.7. The number of aryl methyl sites for hydroxylation is 1. The van der Waals surface area contributed by atoms with Crippen LogP contribution in [0.3, 0.4) is 0 Å². The summed E-state index contributed by atoms with van der Waals surface area (Å²) < 4.78 is 26.9. The van der Waals surface area contributed by atoms with Crippen molar-refractivity contribution in [1.82, 2.24) is 0 Å². The molecule has 138 valence electrons. The fourth-order valence-electron chi connectivity index (χ4n) is 3.20. The lowest BCUT2D eigenvalue weighted by molar-refractivity contribution is -0.0238. The van der Waals surface area contributed by atoms with Gasteiger partial charge in [0, 0.05) is 20.6 Å². The Balaban J connectivity index is 1.98. The zero-order chi connectivity index (χ0) is 18.6. The number of rotatable bonds is 6. The van der Waals surface area contributed by atoms with E-state index in [1.165, 1.54) is 0 Å². The topological polar surface area (TPSA) is 63.2 Å². The molecule has 6 nitrogen and oxygen atoms in total. The minimum absolute atomic E-state index is 0.0922. The molecule has 1 unspecified atom stereocenters. The van der Waals surface area contributed by atoms with E-state index in [0.717, 1.165) is 16.6 Å². The number of hydrogen-bond acceptors (Lipinski definition) is 6. The zero-order valence-electron chi connectivity index (χ0n) is 15.8. The van der Waals surface area contributed by atoms with Crippen LogP contribution < -0.4 is 5.46 Å². The van der Waals surface area contributed by atoms with Crippen LogP contribution in [0.1, 0.15) is 44.4 Å². The van der Waals surface area contributed by atoms with Gasteiger partial charge in [0.1, 0.15) is 12.2 Å². The summed E-state index contributed by atoms with van der Waals surface area (Å²) in [7, 11) is 2.77. The minimum Gasteiger partial charge on any atom is -0.428 e. The van der Waals surface area contributed by atoms with Crippen molar-refractivity contribution in [3.05, 3.63) is 29.3 Å². The van der Waals surface area contributed by atoms with Crippen molar-refractivity contribution in [3.63, 3.8) is 0 Å². The Morgan fingerprint density at radius 1 is 1.28 bits per heavy atom. The first kappa shape index (κ1) is 19.8. The Morgan fingerprint density at radius 2 is 1.96 bits per heavy atom. The largest absolute Gasteiger partial charge is 0.509 e. The molecule has 0 aromatic heterocycles. The van der Waals surface area contributed by atoms with Crippen LogP contribution in [0.2, 0.25) is 0 Å². The van der Waals surface area contributed by atoms with Gasteiger partial charge in [-0.1, -0.05) is 18.2 Å². The first-order valence-electron chi connectivity index (χ1n) is 8.54. The summed E-state index contributed by atoms with van der Waals surface area (Å²) >= 11 is 0. The van der Waals surface area contributed by atoms with E-state index < -0.39 is 19.4 Å². The highest BCUT2D eigenvalue weighted by Crippen LogP contribution is 2.25. The first-order valence-corrected chi connectivity index (χ1v) is 8.54. The van der Waals surface area contributed by atoms with Crippen molar-refractivity contribution in [3.8, 4) is 0 Å². The lowest BCUT2D eigenvalue weighted by atomic mass is 9.77. The van der Waals surface area contributed by atoms with Gasteiger partial charge >= 0.3 is 13.3 Å². The molecule has 0 spiro atoms. The van der Waals surface area contributed by atoms with E-state index in [1.807, 2.05) is 45.9 Å². The van der Waals surface area contributed by atoms with E-state index in [4.69, 9.17) is 23.5 Å². The Kier molecular flexibility index (Phi) is 6.87. The maximum absolute atomic E-state index is 12.1. The number of ether oxygens (including phenoxy) is 3. The molecule has 0 radical (unpaired) electrons. The highest BCUT2D eigenvalue weighted by Gasteiger charge is 2.33. The molecule has 1 fully saturated rings. The zero-order valence-corrected chi connectivity index (χ0v) is 15.8. The molecular formula is C18H27BO6. The molecule has 1 aromatic carbocycles. The van der Waals surface area contributed by atoms with E-state index in [9.17, 15) is 4.79 Å². The van der Waals surface area contributed by atoms with Gasteiger partial charge in [-0.15, -0.1) is 0 Å². The third-order valence-corrected chi connectivity index (χ3v) is 4.49. The second-order valence-electron chi connectivity index (χ2n) is 6.47. The molecule has 1 aliphatic rings. The van der Waals surface area contributed by atoms with Crippen LogP contribution in [0.5, 0.6) is 0 Å². The van der Waals surface area contributed by atoms with Gasteiger partial charge < -0.3 is 23.5 Å². The van der Waals surface area contributed by atoms with Crippen molar-refractivity contribution >= 4 is 18.7 Å². The van der Waals surface area contributed by atoms with Crippen LogP contribution in [0.25, 0.3) is 0 Å². The number of carbonyl (C=O) groups excluding carboxylic acids is 1. The third kappa shape index (κ3) is 4.97. The molecule has 2 rings (SSSR count). The Morgan fingerprint density at radius 3 is 2.48 bits per heavy atom. The molecule has 1 heterocycles. The summed E-state index contributed by atoms with van der Waals surface area (Å²) in [5, 5.41) is 0. The molecule has 1 aliphatic heterocycles. The minimum atomic E-state index is -0.669. The molecule has 0 N–H and O–H groups in total. The lowest BCUT2D eigenvalue weighted by Gasteiger charge is -2.20. The summed E-state index contributed by atoms with van der Waals surface area (Å²) in [6.07, 6.45) is -0.679. The molecule has 0 aliphatic carbocycles. The average Bonchev–Trinajstić information content (AvgIpc) is 2.85. The second kappa shape index (κ2) is 8.69. The van der Waals surface area contributed by atoms with Gasteiger partial charge in [-0.25, -0.2) is 4.79 Å². The normalized spacial score (nSPS) is 24.0. The standard InChI is InChI=1S/C18H27BO6/c1-11-9-15(19(21-5)22-6)7-8-16(11)13(3)24-18(20)25-17-10-12(2)23-14(17)4/h7-9,12-14,17H,10H2,1-6H3/t12-,13?,14+,17+/m0/s1. The molecule has 7 heteroatoms. The SMILES string of the molecule is COB(OC)c1ccc(C(C)OC(=O)O[C@@H]2C[C@H](C)O[C@@H]2C)c(C)c1. The predicted octanol–water partition coefficient (Wildman–Crippen LogP) is 2.76. The summed E-state index contributed by atoms with van der Waals surface area (Å²) in [4.78, 5) is 12.1. The predicted molar refractivity (Wildman–Crippen MR) is 95.0 cm³/mol. The third-order valence-electron chi connectivity index (χ3n) is 4.49. The van der Waals surface area contributed by atoms with Crippen LogP contribution >= 0.6 is 0 Å². The molecule has 0 saturated carbocycles. The maximum atomic E-state index is 12.1. The van der Waals surface area contributed by atoms with E-state index in [-0.39, 0.29) is 18.3 Å². The van der Waals surface area contributed by atoms with Crippen molar-refractivity contribution < 1.29 is 28.3 Å². The molecule has 4 atom stereocenters. The summed E-state index contributed by atoms with van der Waals surface area (Å²) in [6, 6.07) is 5.78. The van der Waals surface area contributed by atoms with Crippen molar-refractivity contribution in [2.24, 2.45) is 0 Å². The van der Waals surface area contributed by atoms with Crippen LogP contribution in [0.4, 0.5) is 4.79 Å². The van der Waals surface area contributed by atoms with Crippen molar-refractivity contribution in [2.75, 3.05) is 14.2 Å². The van der Waals surface area contributed by atoms with E-state index in [0.29, 0.717) is 6.42 Å². The Bertz CT molecular complexity index is 589. The average molecular weight is 350 g/mol. The number of hydrogen-bond donors (Lipinski definition) is 0. The molecule has 25 heavy (non-hydrogen) atoms. The monoisotopic (exact) mass is 350 g/mol. The van der Waals surface area contributed by atoms with Crippen LogP contribution in [0, 0.1) is 6.92 Å². The van der Waals surface area contributed by atoms with Gasteiger partial charge in [-0.2, -0.15) is 0 Å². The van der Waals surface area contributed by atoms with Gasteiger partial charge in [0.15, 0.2) is 0 Å². The van der Waals surface area contributed by atoms with Gasteiger partial charge in [0.2, 0.25) is 0 Å². The summed E-state index contributed by atoms with van der Waals surface area (Å²) in [5.74, 6) is 0. The second-order valence-corrected chi connectivity index (χ2v) is 6.47. The lowest BCUT2D eigenvalue weighted by Crippen LogP contribution is -2.35.